The smallest absolute Gasteiger partial charge is 0.0804 e. The second-order valence-corrected chi connectivity index (χ2v) is 5.30. The van der Waals surface area contributed by atoms with Gasteiger partial charge in [-0.3, -0.25) is 0 Å². The van der Waals surface area contributed by atoms with Crippen molar-refractivity contribution in [2.45, 2.75) is 25.9 Å². The van der Waals surface area contributed by atoms with Crippen LogP contribution < -0.4 is 0 Å². The van der Waals surface area contributed by atoms with Crippen molar-refractivity contribution in [3.05, 3.63) is 35.4 Å². The number of rotatable bonds is 5. The number of aliphatic hydroxyl groups excluding tert-OH is 2. The Balaban J connectivity index is 1.82. The molecule has 1 aliphatic rings. The minimum absolute atomic E-state index is 0.289. The summed E-state index contributed by atoms with van der Waals surface area (Å²) >= 11 is 0. The molecule has 1 heterocycles. The summed E-state index contributed by atoms with van der Waals surface area (Å²) in [4.78, 5) is 2.34. The lowest BCUT2D eigenvalue weighted by Gasteiger charge is -2.19. The van der Waals surface area contributed by atoms with E-state index in [1.807, 2.05) is 31.2 Å². The third-order valence-electron chi connectivity index (χ3n) is 3.89. The van der Waals surface area contributed by atoms with E-state index in [9.17, 15) is 5.11 Å². The highest BCUT2D eigenvalue weighted by Crippen LogP contribution is 2.22. The predicted molar refractivity (Wildman–Crippen MR) is 72.4 cm³/mol. The summed E-state index contributed by atoms with van der Waals surface area (Å²) in [6.07, 6.45) is 1.47. The monoisotopic (exact) mass is 249 g/mol. The fraction of sp³-hybridized carbons (Fsp3) is 0.600. The molecule has 1 aromatic rings. The topological polar surface area (TPSA) is 43.7 Å². The van der Waals surface area contributed by atoms with Gasteiger partial charge in [0.2, 0.25) is 0 Å². The molecule has 1 aromatic carbocycles. The van der Waals surface area contributed by atoms with Gasteiger partial charge in [0.05, 0.1) is 6.10 Å². The van der Waals surface area contributed by atoms with E-state index in [1.165, 1.54) is 0 Å². The standard InChI is InChI=1S/C15H23NO2/c1-12-4-2-3-5-14(12)15(18)7-9-16-8-6-13(10-16)11-17/h2-5,13,15,17-18H,6-11H2,1H3. The van der Waals surface area contributed by atoms with Crippen LogP contribution in [-0.4, -0.2) is 41.4 Å². The molecule has 3 nitrogen and oxygen atoms in total. The van der Waals surface area contributed by atoms with Crippen molar-refractivity contribution in [1.82, 2.24) is 4.90 Å². The summed E-state index contributed by atoms with van der Waals surface area (Å²) in [5.74, 6) is 0.431. The van der Waals surface area contributed by atoms with E-state index in [-0.39, 0.29) is 12.7 Å². The number of benzene rings is 1. The molecule has 0 saturated carbocycles. The van der Waals surface area contributed by atoms with Crippen molar-refractivity contribution in [1.29, 1.82) is 0 Å². The lowest BCUT2D eigenvalue weighted by Crippen LogP contribution is -2.24. The van der Waals surface area contributed by atoms with E-state index >= 15 is 0 Å². The minimum Gasteiger partial charge on any atom is -0.396 e. The largest absolute Gasteiger partial charge is 0.396 e. The van der Waals surface area contributed by atoms with Gasteiger partial charge < -0.3 is 15.1 Å². The molecule has 0 aliphatic carbocycles. The van der Waals surface area contributed by atoms with Gasteiger partial charge in [-0.15, -0.1) is 0 Å². The fourth-order valence-corrected chi connectivity index (χ4v) is 2.69. The third kappa shape index (κ3) is 3.31. The highest BCUT2D eigenvalue weighted by molar-refractivity contribution is 5.27. The Morgan fingerprint density at radius 3 is 2.83 bits per heavy atom. The van der Waals surface area contributed by atoms with Crippen LogP contribution in [0.4, 0.5) is 0 Å². The minimum atomic E-state index is -0.376. The summed E-state index contributed by atoms with van der Waals surface area (Å²) in [5, 5.41) is 19.3. The van der Waals surface area contributed by atoms with Crippen molar-refractivity contribution in [3.63, 3.8) is 0 Å². The normalized spacial score (nSPS) is 22.3. The molecule has 3 heteroatoms. The Morgan fingerprint density at radius 1 is 1.39 bits per heavy atom. The Kier molecular flexibility index (Phi) is 4.75. The first kappa shape index (κ1) is 13.5. The van der Waals surface area contributed by atoms with Crippen LogP contribution in [-0.2, 0) is 0 Å². The van der Waals surface area contributed by atoms with Gasteiger partial charge >= 0.3 is 0 Å². The van der Waals surface area contributed by atoms with Gasteiger partial charge in [0.25, 0.3) is 0 Å². The summed E-state index contributed by atoms with van der Waals surface area (Å²) in [7, 11) is 0. The molecule has 18 heavy (non-hydrogen) atoms. The van der Waals surface area contributed by atoms with Crippen LogP contribution in [0.15, 0.2) is 24.3 Å². The van der Waals surface area contributed by atoms with Crippen LogP contribution in [0.2, 0.25) is 0 Å². The van der Waals surface area contributed by atoms with Crippen LogP contribution in [0.25, 0.3) is 0 Å². The van der Waals surface area contributed by atoms with E-state index in [4.69, 9.17) is 5.11 Å². The quantitative estimate of drug-likeness (QED) is 0.835. The number of aryl methyl sites for hydroxylation is 1. The molecule has 100 valence electrons. The molecule has 2 unspecified atom stereocenters. The van der Waals surface area contributed by atoms with Crippen LogP contribution in [0.1, 0.15) is 30.1 Å². The highest BCUT2D eigenvalue weighted by atomic mass is 16.3. The molecule has 2 atom stereocenters. The van der Waals surface area contributed by atoms with E-state index < -0.39 is 0 Å². The summed E-state index contributed by atoms with van der Waals surface area (Å²) < 4.78 is 0. The number of nitrogens with zero attached hydrogens (tertiary/aromatic N) is 1. The zero-order chi connectivity index (χ0) is 13.0. The Labute approximate surface area is 109 Å². The summed E-state index contributed by atoms with van der Waals surface area (Å²) in [6, 6.07) is 8.01. The van der Waals surface area contributed by atoms with Crippen molar-refractivity contribution in [3.8, 4) is 0 Å². The first-order valence-corrected chi connectivity index (χ1v) is 6.77. The molecular formula is C15H23NO2. The Morgan fingerprint density at radius 2 is 2.17 bits per heavy atom. The van der Waals surface area contributed by atoms with Gasteiger partial charge in [0.1, 0.15) is 0 Å². The first-order valence-electron chi connectivity index (χ1n) is 6.77. The van der Waals surface area contributed by atoms with E-state index in [0.29, 0.717) is 5.92 Å². The maximum atomic E-state index is 10.2. The van der Waals surface area contributed by atoms with Gasteiger partial charge in [0, 0.05) is 19.7 Å². The van der Waals surface area contributed by atoms with Gasteiger partial charge in [-0.25, -0.2) is 0 Å². The fourth-order valence-electron chi connectivity index (χ4n) is 2.69. The molecule has 0 radical (unpaired) electrons. The summed E-state index contributed by atoms with van der Waals surface area (Å²) in [5.41, 5.74) is 2.19. The molecule has 0 spiro atoms. The van der Waals surface area contributed by atoms with Gasteiger partial charge in [-0.2, -0.15) is 0 Å². The second kappa shape index (κ2) is 6.32. The van der Waals surface area contributed by atoms with Crippen LogP contribution in [0.5, 0.6) is 0 Å². The number of hydrogen-bond acceptors (Lipinski definition) is 3. The molecule has 0 amide bonds. The van der Waals surface area contributed by atoms with Crippen molar-refractivity contribution >= 4 is 0 Å². The lowest BCUT2D eigenvalue weighted by molar-refractivity contribution is 0.145. The average molecular weight is 249 g/mol. The van der Waals surface area contributed by atoms with Gasteiger partial charge in [-0.1, -0.05) is 24.3 Å². The van der Waals surface area contributed by atoms with E-state index in [0.717, 1.165) is 43.6 Å². The third-order valence-corrected chi connectivity index (χ3v) is 3.89. The predicted octanol–water partition coefficient (Wildman–Crippen LogP) is 1.73. The Bertz CT molecular complexity index is 381. The number of likely N-dealkylation sites (tertiary alicyclic amines) is 1. The van der Waals surface area contributed by atoms with E-state index in [1.54, 1.807) is 0 Å². The van der Waals surface area contributed by atoms with Crippen molar-refractivity contribution in [2.24, 2.45) is 5.92 Å². The maximum absolute atomic E-state index is 10.2. The Hall–Kier alpha value is -0.900. The van der Waals surface area contributed by atoms with E-state index in [2.05, 4.69) is 4.90 Å². The highest BCUT2D eigenvalue weighted by Gasteiger charge is 2.22. The average Bonchev–Trinajstić information content (AvgIpc) is 2.84. The summed E-state index contributed by atoms with van der Waals surface area (Å²) in [6.45, 7) is 5.25. The molecule has 2 N–H and O–H groups in total. The van der Waals surface area contributed by atoms with Crippen LogP contribution in [0, 0.1) is 12.8 Å². The van der Waals surface area contributed by atoms with Crippen molar-refractivity contribution < 1.29 is 10.2 Å². The second-order valence-electron chi connectivity index (χ2n) is 5.30. The molecular weight excluding hydrogens is 226 g/mol. The molecule has 1 aliphatic heterocycles. The maximum Gasteiger partial charge on any atom is 0.0804 e. The first-order chi connectivity index (χ1) is 8.70. The van der Waals surface area contributed by atoms with Gasteiger partial charge in [-0.05, 0) is 43.4 Å². The molecule has 1 saturated heterocycles. The molecule has 2 rings (SSSR count). The SMILES string of the molecule is Cc1ccccc1C(O)CCN1CCC(CO)C1. The zero-order valence-electron chi connectivity index (χ0n) is 11.0. The number of hydrogen-bond donors (Lipinski definition) is 2. The van der Waals surface area contributed by atoms with Crippen LogP contribution in [0.3, 0.4) is 0 Å². The molecule has 1 fully saturated rings. The van der Waals surface area contributed by atoms with Crippen molar-refractivity contribution in [2.75, 3.05) is 26.2 Å². The molecule has 0 aromatic heterocycles. The van der Waals surface area contributed by atoms with Gasteiger partial charge in [0.15, 0.2) is 0 Å². The zero-order valence-corrected chi connectivity index (χ0v) is 11.0. The number of aliphatic hydroxyl groups is 2. The molecule has 0 bridgehead atoms. The lowest BCUT2D eigenvalue weighted by atomic mass is 10.0. The van der Waals surface area contributed by atoms with Crippen LogP contribution >= 0.6 is 0 Å².